The normalized spacial score (nSPS) is 20.7. The zero-order valence-electron chi connectivity index (χ0n) is 18.3. The molecular weight excluding hydrogens is 459 g/mol. The van der Waals surface area contributed by atoms with E-state index in [0.29, 0.717) is 17.7 Å². The molecule has 1 aliphatic heterocycles. The first kappa shape index (κ1) is 24.6. The predicted molar refractivity (Wildman–Crippen MR) is 121 cm³/mol. The number of carbonyl (C=O) groups is 1. The van der Waals surface area contributed by atoms with Crippen LogP contribution in [0.1, 0.15) is 62.5 Å². The number of nitrogens with one attached hydrogen (secondary N) is 1. The van der Waals surface area contributed by atoms with E-state index in [-0.39, 0.29) is 6.04 Å². The molecule has 1 aromatic rings. The Kier molecular flexibility index (Phi) is 7.82. The van der Waals surface area contributed by atoms with E-state index in [2.05, 4.69) is 5.32 Å². The van der Waals surface area contributed by atoms with Gasteiger partial charge in [-0.25, -0.2) is 4.21 Å². The van der Waals surface area contributed by atoms with Gasteiger partial charge in [0.25, 0.3) is 6.64 Å². The van der Waals surface area contributed by atoms with Crippen molar-refractivity contribution >= 4 is 35.5 Å². The fourth-order valence-electron chi connectivity index (χ4n) is 4.28. The molecule has 3 rings (SSSR count). The molecule has 8 nitrogen and oxygen atoms in total. The number of para-hydroxylation sites is 1. The van der Waals surface area contributed by atoms with Gasteiger partial charge in [-0.15, -0.1) is 4.08 Å². The van der Waals surface area contributed by atoms with Crippen LogP contribution in [0.3, 0.4) is 0 Å². The van der Waals surface area contributed by atoms with Crippen LogP contribution in [0.5, 0.6) is 5.75 Å². The first-order valence-electron chi connectivity index (χ1n) is 10.3. The van der Waals surface area contributed by atoms with Gasteiger partial charge in [-0.2, -0.15) is 0 Å². The molecule has 1 N–H and O–H groups in total. The standard InChI is InChI=1S/C20H31N2O6PS2/c1-20(2)13-14-9-8-12-16(17(14)28-20)18(21-19(23)24)31(25)22(29(30,26-3)27-4)15-10-6-5-7-11-15/h8-9,12,15,18,21H,5-7,10-11,13H2,1-4H3,(H,23,24)/p-1. The van der Waals surface area contributed by atoms with Crippen molar-refractivity contribution in [2.45, 2.75) is 69.4 Å². The molecule has 1 aromatic carbocycles. The number of carbonyl (C=O) groups excluding carboxylic acids is 1. The fraction of sp³-hybridized carbons (Fsp3) is 0.650. The number of ether oxygens (including phenoxy) is 1. The quantitative estimate of drug-likeness (QED) is 0.560. The van der Waals surface area contributed by atoms with Gasteiger partial charge in [0.2, 0.25) is 0 Å². The van der Waals surface area contributed by atoms with E-state index >= 15 is 0 Å². The Balaban J connectivity index is 2.07. The molecule has 1 saturated carbocycles. The van der Waals surface area contributed by atoms with Crippen LogP contribution >= 0.6 is 6.64 Å². The number of nitrogens with zero attached hydrogens (tertiary/aromatic N) is 1. The van der Waals surface area contributed by atoms with Gasteiger partial charge in [0.15, 0.2) is 0 Å². The summed E-state index contributed by atoms with van der Waals surface area (Å²) >= 11 is 5.68. The van der Waals surface area contributed by atoms with E-state index in [9.17, 15) is 14.1 Å². The van der Waals surface area contributed by atoms with Crippen LogP contribution < -0.4 is 15.2 Å². The highest BCUT2D eigenvalue weighted by Crippen LogP contribution is 2.56. The number of rotatable bonds is 8. The second-order valence-electron chi connectivity index (χ2n) is 8.39. The second kappa shape index (κ2) is 9.85. The summed E-state index contributed by atoms with van der Waals surface area (Å²) in [6.07, 6.45) is 3.74. The highest BCUT2D eigenvalue weighted by molar-refractivity contribution is 8.12. The maximum Gasteiger partial charge on any atom is 0.275 e. The number of fused-ring (bicyclic) bond motifs is 1. The minimum Gasteiger partial charge on any atom is -0.530 e. The summed E-state index contributed by atoms with van der Waals surface area (Å²) in [5, 5.41) is 12.8. The predicted octanol–water partition coefficient (Wildman–Crippen LogP) is 3.15. The van der Waals surface area contributed by atoms with E-state index < -0.39 is 34.7 Å². The van der Waals surface area contributed by atoms with Gasteiger partial charge in [-0.3, -0.25) is 0 Å². The molecule has 0 saturated heterocycles. The lowest BCUT2D eigenvalue weighted by Crippen LogP contribution is -2.46. The minimum atomic E-state index is -3.11. The zero-order valence-corrected chi connectivity index (χ0v) is 20.8. The lowest BCUT2D eigenvalue weighted by atomic mass is 9.96. The molecule has 174 valence electrons. The van der Waals surface area contributed by atoms with Crippen molar-refractivity contribution < 1.29 is 27.9 Å². The van der Waals surface area contributed by atoms with E-state index in [0.717, 1.165) is 37.7 Å². The van der Waals surface area contributed by atoms with Gasteiger partial charge < -0.3 is 29.0 Å². The molecule has 0 radical (unpaired) electrons. The van der Waals surface area contributed by atoms with Gasteiger partial charge in [0.1, 0.15) is 33.8 Å². The molecule has 1 amide bonds. The largest absolute Gasteiger partial charge is 0.530 e. The van der Waals surface area contributed by atoms with E-state index in [1.807, 2.05) is 26.0 Å². The van der Waals surface area contributed by atoms with Crippen LogP contribution in [-0.4, -0.2) is 40.2 Å². The third kappa shape index (κ3) is 5.31. The van der Waals surface area contributed by atoms with Crippen LogP contribution in [0.25, 0.3) is 0 Å². The first-order chi connectivity index (χ1) is 14.6. The smallest absolute Gasteiger partial charge is 0.275 e. The monoisotopic (exact) mass is 489 g/mol. The molecule has 11 heteroatoms. The van der Waals surface area contributed by atoms with Crippen molar-refractivity contribution in [1.82, 2.24) is 9.39 Å². The second-order valence-corrected chi connectivity index (χ2v) is 13.6. The van der Waals surface area contributed by atoms with Crippen LogP contribution in [0, 0.1) is 0 Å². The van der Waals surface area contributed by atoms with Crippen molar-refractivity contribution in [3.63, 3.8) is 0 Å². The topological polar surface area (TPSA) is 100 Å². The number of hydrogen-bond donors (Lipinski definition) is 1. The molecule has 1 aliphatic carbocycles. The highest BCUT2D eigenvalue weighted by atomic mass is 32.5. The highest BCUT2D eigenvalue weighted by Gasteiger charge is 2.43. The van der Waals surface area contributed by atoms with Gasteiger partial charge in [-0.05, 0) is 44.1 Å². The molecule has 2 atom stereocenters. The summed E-state index contributed by atoms with van der Waals surface area (Å²) in [6.45, 7) is 0.808. The third-order valence-electron chi connectivity index (χ3n) is 5.63. The van der Waals surface area contributed by atoms with Crippen LogP contribution in [0.2, 0.25) is 0 Å². The Labute approximate surface area is 191 Å². The molecule has 0 bridgehead atoms. The average Bonchev–Trinajstić information content (AvgIpc) is 3.06. The van der Waals surface area contributed by atoms with Crippen LogP contribution in [0.15, 0.2) is 18.2 Å². The van der Waals surface area contributed by atoms with Crippen LogP contribution in [-0.2, 0) is 38.3 Å². The summed E-state index contributed by atoms with van der Waals surface area (Å²) in [4.78, 5) is 11.6. The van der Waals surface area contributed by atoms with Crippen molar-refractivity contribution in [3.8, 4) is 5.75 Å². The van der Waals surface area contributed by atoms with Gasteiger partial charge in [0, 0.05) is 32.2 Å². The molecule has 2 unspecified atom stereocenters. The maximum atomic E-state index is 14.0. The molecule has 2 aliphatic rings. The fourth-order valence-corrected chi connectivity index (χ4v) is 9.17. The van der Waals surface area contributed by atoms with Crippen molar-refractivity contribution in [3.05, 3.63) is 29.3 Å². The first-order valence-corrected chi connectivity index (χ1v) is 14.1. The Morgan fingerprint density at radius 1 is 1.32 bits per heavy atom. The SMILES string of the molecule is COP(=S)(OC)N(C1CCCCC1)S(=O)C(NC(=O)[O-])c1cccc2c1OC(C)(C)C2. The Hall–Kier alpha value is -1.03. The number of benzene rings is 1. The van der Waals surface area contributed by atoms with Crippen molar-refractivity contribution in [2.24, 2.45) is 0 Å². The number of carboxylic acid groups (broad SMARTS) is 1. The molecule has 1 heterocycles. The zero-order chi connectivity index (χ0) is 22.8. The summed E-state index contributed by atoms with van der Waals surface area (Å²) in [5.41, 5.74) is 0.981. The lowest BCUT2D eigenvalue weighted by Gasteiger charge is -2.40. The van der Waals surface area contributed by atoms with Gasteiger partial charge in [0.05, 0.1) is 0 Å². The Bertz CT molecular complexity index is 882. The summed E-state index contributed by atoms with van der Waals surface area (Å²) in [7, 11) is 0.935. The molecule has 0 aromatic heterocycles. The number of amides is 1. The summed E-state index contributed by atoms with van der Waals surface area (Å²) in [6, 6.07) is 5.33. The Morgan fingerprint density at radius 2 is 1.97 bits per heavy atom. The minimum absolute atomic E-state index is 0.138. The number of hydrogen-bond acceptors (Lipinski definition) is 7. The molecule has 0 spiro atoms. The third-order valence-corrected chi connectivity index (χ3v) is 11.7. The lowest BCUT2D eigenvalue weighted by molar-refractivity contribution is -0.251. The molecular formula is C20H30N2O6PS2-. The maximum absolute atomic E-state index is 14.0. The van der Waals surface area contributed by atoms with Crippen LogP contribution in [0.4, 0.5) is 4.79 Å². The summed E-state index contributed by atoms with van der Waals surface area (Å²) < 4.78 is 32.8. The molecule has 1 fully saturated rings. The van der Waals surface area contributed by atoms with Gasteiger partial charge in [-0.1, -0.05) is 37.5 Å². The van der Waals surface area contributed by atoms with Gasteiger partial charge >= 0.3 is 0 Å². The Morgan fingerprint density at radius 3 is 2.55 bits per heavy atom. The molecule has 31 heavy (non-hydrogen) atoms. The van der Waals surface area contributed by atoms with Crippen molar-refractivity contribution in [1.29, 1.82) is 0 Å². The van der Waals surface area contributed by atoms with Crippen molar-refractivity contribution in [2.75, 3.05) is 14.2 Å². The van der Waals surface area contributed by atoms with E-state index in [4.69, 9.17) is 25.6 Å². The van der Waals surface area contributed by atoms with E-state index in [1.165, 1.54) is 14.2 Å². The summed E-state index contributed by atoms with van der Waals surface area (Å²) in [5.74, 6) is 0.548. The van der Waals surface area contributed by atoms with E-state index in [1.54, 1.807) is 10.1 Å². The average molecular weight is 490 g/mol.